The van der Waals surface area contributed by atoms with Crippen LogP contribution in [-0.2, 0) is 0 Å². The van der Waals surface area contributed by atoms with Gasteiger partial charge < -0.3 is 10.4 Å². The highest BCUT2D eigenvalue weighted by Gasteiger charge is 2.09. The van der Waals surface area contributed by atoms with Crippen LogP contribution in [0.3, 0.4) is 0 Å². The number of aliphatic hydroxyl groups is 1. The van der Waals surface area contributed by atoms with Gasteiger partial charge in [0.1, 0.15) is 0 Å². The molecule has 1 unspecified atom stereocenters. The molecule has 0 aliphatic heterocycles. The summed E-state index contributed by atoms with van der Waals surface area (Å²) < 4.78 is 0. The van der Waals surface area contributed by atoms with Crippen molar-refractivity contribution in [1.29, 1.82) is 0 Å². The minimum absolute atomic E-state index is 0.0553. The molecule has 0 spiro atoms. The second-order valence-electron chi connectivity index (χ2n) is 4.39. The maximum Gasteiger partial charge on any atom is 0.251 e. The monoisotopic (exact) mass is 291 g/mol. The Hall–Kier alpha value is -1.44. The van der Waals surface area contributed by atoms with Crippen molar-refractivity contribution in [3.8, 4) is 11.8 Å². The number of rotatable bonds is 6. The predicted molar refractivity (Wildman–Crippen MR) is 85.0 cm³/mol. The van der Waals surface area contributed by atoms with Gasteiger partial charge in [-0.2, -0.15) is 11.8 Å². The van der Waals surface area contributed by atoms with Crippen molar-refractivity contribution in [3.63, 3.8) is 0 Å². The first-order valence-corrected chi connectivity index (χ1v) is 7.91. The summed E-state index contributed by atoms with van der Waals surface area (Å²) in [5.74, 6) is 7.68. The number of hydrogen-bond donors (Lipinski definition) is 2. The Morgan fingerprint density at radius 3 is 3.00 bits per heavy atom. The number of amides is 1. The molecule has 4 heteroatoms. The molecular weight excluding hydrogens is 270 g/mol. The maximum atomic E-state index is 12.1. The number of carbonyl (C=O) groups excluding carboxylic acids is 1. The molecule has 0 fully saturated rings. The van der Waals surface area contributed by atoms with Crippen LogP contribution in [-0.4, -0.2) is 35.2 Å². The highest BCUT2D eigenvalue weighted by molar-refractivity contribution is 7.99. The second-order valence-corrected chi connectivity index (χ2v) is 5.71. The molecule has 1 aromatic rings. The zero-order valence-electron chi connectivity index (χ0n) is 12.0. The van der Waals surface area contributed by atoms with Gasteiger partial charge in [-0.25, -0.2) is 0 Å². The first kappa shape index (κ1) is 16.6. The Morgan fingerprint density at radius 2 is 2.30 bits per heavy atom. The third-order valence-electron chi connectivity index (χ3n) is 2.54. The summed E-state index contributed by atoms with van der Waals surface area (Å²) in [6, 6.07) is 7.39. The van der Waals surface area contributed by atoms with E-state index in [1.165, 1.54) is 0 Å². The fourth-order valence-corrected chi connectivity index (χ4v) is 2.27. The van der Waals surface area contributed by atoms with E-state index in [1.54, 1.807) is 12.1 Å². The molecule has 0 heterocycles. The largest absolute Gasteiger partial charge is 0.395 e. The molecule has 3 nitrogen and oxygen atoms in total. The lowest BCUT2D eigenvalue weighted by Crippen LogP contribution is -2.34. The number of benzene rings is 1. The maximum absolute atomic E-state index is 12.1. The molecule has 0 saturated carbocycles. The van der Waals surface area contributed by atoms with Crippen LogP contribution >= 0.6 is 11.8 Å². The molecule has 0 radical (unpaired) electrons. The van der Waals surface area contributed by atoms with Crippen molar-refractivity contribution in [1.82, 2.24) is 5.32 Å². The van der Waals surface area contributed by atoms with Crippen LogP contribution in [0.4, 0.5) is 0 Å². The highest BCUT2D eigenvalue weighted by Crippen LogP contribution is 2.06. The van der Waals surface area contributed by atoms with Gasteiger partial charge in [-0.1, -0.05) is 24.8 Å². The van der Waals surface area contributed by atoms with Crippen molar-refractivity contribution in [3.05, 3.63) is 35.4 Å². The van der Waals surface area contributed by atoms with Crippen LogP contribution in [0.5, 0.6) is 0 Å². The average molecular weight is 291 g/mol. The van der Waals surface area contributed by atoms with Gasteiger partial charge in [0.05, 0.1) is 6.61 Å². The van der Waals surface area contributed by atoms with E-state index in [1.807, 2.05) is 30.8 Å². The Morgan fingerprint density at radius 1 is 1.50 bits per heavy atom. The minimum Gasteiger partial charge on any atom is -0.395 e. The van der Waals surface area contributed by atoms with E-state index in [0.717, 1.165) is 17.1 Å². The van der Waals surface area contributed by atoms with E-state index in [2.05, 4.69) is 24.1 Å². The average Bonchev–Trinajstić information content (AvgIpc) is 2.45. The zero-order valence-corrected chi connectivity index (χ0v) is 12.8. The van der Waals surface area contributed by atoms with E-state index in [9.17, 15) is 4.79 Å². The number of thioether (sulfide) groups is 1. The Balaban J connectivity index is 2.64. The van der Waals surface area contributed by atoms with E-state index in [0.29, 0.717) is 12.0 Å². The molecule has 1 rings (SSSR count). The third-order valence-corrected chi connectivity index (χ3v) is 3.69. The number of hydrogen-bond acceptors (Lipinski definition) is 3. The molecule has 0 aliphatic rings. The molecule has 20 heavy (non-hydrogen) atoms. The topological polar surface area (TPSA) is 49.3 Å². The van der Waals surface area contributed by atoms with Gasteiger partial charge >= 0.3 is 0 Å². The summed E-state index contributed by atoms with van der Waals surface area (Å²) in [5.41, 5.74) is 1.41. The molecule has 0 saturated heterocycles. The lowest BCUT2D eigenvalue weighted by Gasteiger charge is -2.13. The van der Waals surface area contributed by atoms with Gasteiger partial charge in [0.2, 0.25) is 0 Å². The minimum atomic E-state index is -0.0694. The zero-order chi connectivity index (χ0) is 14.8. The van der Waals surface area contributed by atoms with Gasteiger partial charge in [0.15, 0.2) is 0 Å². The summed E-state index contributed by atoms with van der Waals surface area (Å²) in [7, 11) is 0. The second kappa shape index (κ2) is 9.46. The summed E-state index contributed by atoms with van der Waals surface area (Å²) in [6.07, 6.45) is 0.446. The summed E-state index contributed by atoms with van der Waals surface area (Å²) >= 11 is 1.81. The van der Waals surface area contributed by atoms with Crippen molar-refractivity contribution >= 4 is 17.7 Å². The summed E-state index contributed by atoms with van der Waals surface area (Å²) in [5, 5.41) is 11.7. The summed E-state index contributed by atoms with van der Waals surface area (Å²) in [6.45, 7) is 4.17. The molecule has 1 aromatic carbocycles. The van der Waals surface area contributed by atoms with Crippen molar-refractivity contribution < 1.29 is 9.90 Å². The number of nitrogens with one attached hydrogen (secondary N) is 1. The van der Waals surface area contributed by atoms with Crippen LogP contribution in [0.1, 0.15) is 36.2 Å². The fraction of sp³-hybridized carbons (Fsp3) is 0.438. The lowest BCUT2D eigenvalue weighted by molar-refractivity contribution is 0.0943. The smallest absolute Gasteiger partial charge is 0.251 e. The van der Waals surface area contributed by atoms with Crippen LogP contribution < -0.4 is 5.32 Å². The highest BCUT2D eigenvalue weighted by atomic mass is 32.2. The molecule has 108 valence electrons. The van der Waals surface area contributed by atoms with Crippen LogP contribution in [0.2, 0.25) is 0 Å². The molecular formula is C16H21NO2S. The lowest BCUT2D eigenvalue weighted by atomic mass is 10.1. The van der Waals surface area contributed by atoms with Crippen LogP contribution in [0.15, 0.2) is 24.3 Å². The first-order valence-electron chi connectivity index (χ1n) is 6.75. The van der Waals surface area contributed by atoms with Crippen molar-refractivity contribution in [2.45, 2.75) is 26.3 Å². The van der Waals surface area contributed by atoms with Crippen molar-refractivity contribution in [2.75, 3.05) is 18.1 Å². The predicted octanol–water partition coefficient (Wildman–Crippen LogP) is 2.29. The van der Waals surface area contributed by atoms with Gasteiger partial charge in [-0.05, 0) is 30.9 Å². The standard InChI is InChI=1S/C16H21NO2S/c1-3-20-12-13(2)17-16(19)15-9-6-8-14(11-15)7-4-5-10-18/h6,8-9,11,13,18H,3,5,10,12H2,1-2H3,(H,17,19). The Kier molecular flexibility index (Phi) is 7.86. The van der Waals surface area contributed by atoms with Gasteiger partial charge in [-0.3, -0.25) is 4.79 Å². The SMILES string of the molecule is CCSCC(C)NC(=O)c1cccc(C#CCCO)c1. The van der Waals surface area contributed by atoms with Crippen molar-refractivity contribution in [2.24, 2.45) is 0 Å². The molecule has 1 atom stereocenters. The van der Waals surface area contributed by atoms with E-state index < -0.39 is 0 Å². The Bertz CT molecular complexity index is 491. The van der Waals surface area contributed by atoms with Crippen LogP contribution in [0, 0.1) is 11.8 Å². The van der Waals surface area contributed by atoms with Gasteiger partial charge in [0, 0.05) is 29.3 Å². The van der Waals surface area contributed by atoms with E-state index in [4.69, 9.17) is 5.11 Å². The molecule has 0 bridgehead atoms. The number of aliphatic hydroxyl groups excluding tert-OH is 1. The molecule has 0 aromatic heterocycles. The quantitative estimate of drug-likeness (QED) is 0.791. The van der Waals surface area contributed by atoms with E-state index >= 15 is 0 Å². The number of carbonyl (C=O) groups is 1. The van der Waals surface area contributed by atoms with Gasteiger partial charge in [0.25, 0.3) is 5.91 Å². The summed E-state index contributed by atoms with van der Waals surface area (Å²) in [4.78, 5) is 12.1. The molecule has 2 N–H and O–H groups in total. The molecule has 1 amide bonds. The first-order chi connectivity index (χ1) is 9.67. The third kappa shape index (κ3) is 6.14. The van der Waals surface area contributed by atoms with E-state index in [-0.39, 0.29) is 18.6 Å². The normalized spacial score (nSPS) is 11.3. The Labute approximate surface area is 125 Å². The fourth-order valence-electron chi connectivity index (χ4n) is 1.60. The molecule has 0 aliphatic carbocycles. The van der Waals surface area contributed by atoms with Crippen LogP contribution in [0.25, 0.3) is 0 Å². The van der Waals surface area contributed by atoms with Gasteiger partial charge in [-0.15, -0.1) is 0 Å².